The number of hydrogen-bond acceptors (Lipinski definition) is 3. The van der Waals surface area contributed by atoms with Gasteiger partial charge in [-0.25, -0.2) is 13.5 Å². The molecule has 1 aromatic rings. The van der Waals surface area contributed by atoms with Crippen LogP contribution in [0.25, 0.3) is 0 Å². The molecule has 0 aliphatic carbocycles. The summed E-state index contributed by atoms with van der Waals surface area (Å²) in [5.41, 5.74) is 5.85. The van der Waals surface area contributed by atoms with Gasteiger partial charge in [-0.15, -0.1) is 0 Å². The average Bonchev–Trinajstić information content (AvgIpc) is 2.04. The molecule has 0 aliphatic heterocycles. The molecule has 1 aromatic carbocycles. The summed E-state index contributed by atoms with van der Waals surface area (Å²) < 4.78 is 29.8. The Bertz CT molecular complexity index is 368. The van der Waals surface area contributed by atoms with Crippen LogP contribution in [0, 0.1) is 5.82 Å². The summed E-state index contributed by atoms with van der Waals surface area (Å²) in [6.45, 7) is 0. The molecule has 0 unspecified atom stereocenters. The topological polar surface area (TPSA) is 182 Å². The molecule has 0 heterocycles. The zero-order chi connectivity index (χ0) is 15.0. The molecule has 0 saturated heterocycles. The minimum absolute atomic E-state index is 0.251. The Morgan fingerprint density at radius 2 is 1.06 bits per heavy atom. The van der Waals surface area contributed by atoms with Crippen LogP contribution in [-0.4, -0.2) is 29.4 Å². The zero-order valence-corrected chi connectivity index (χ0v) is 10.4. The average molecular weight is 307 g/mol. The van der Waals surface area contributed by atoms with Crippen LogP contribution < -0.4 is 5.73 Å². The number of rotatable bonds is 0. The third-order valence-corrected chi connectivity index (χ3v) is 0.870. The quantitative estimate of drug-likeness (QED) is 0.246. The van der Waals surface area contributed by atoms with E-state index in [1.807, 2.05) is 0 Å². The molecule has 0 saturated carbocycles. The van der Waals surface area contributed by atoms with E-state index in [0.717, 1.165) is 0 Å². The Kier molecular flexibility index (Phi) is 9.00. The SMILES string of the molecule is Nc1ccc(F)cc1.O=P(O)(O)O.O=P(O)(O)O. The van der Waals surface area contributed by atoms with Crippen molar-refractivity contribution in [1.29, 1.82) is 0 Å². The molecule has 0 bridgehead atoms. The van der Waals surface area contributed by atoms with Gasteiger partial charge in [0.05, 0.1) is 0 Å². The first-order chi connectivity index (χ1) is 7.79. The van der Waals surface area contributed by atoms with Crippen molar-refractivity contribution in [3.63, 3.8) is 0 Å². The highest BCUT2D eigenvalue weighted by Crippen LogP contribution is 2.26. The fraction of sp³-hybridized carbons (Fsp3) is 0. The number of benzene rings is 1. The Morgan fingerprint density at radius 1 is 0.833 bits per heavy atom. The third-order valence-electron chi connectivity index (χ3n) is 0.870. The van der Waals surface area contributed by atoms with Gasteiger partial charge in [0, 0.05) is 5.69 Å². The standard InChI is InChI=1S/C6H6FN.2H3O4P/c7-5-1-3-6(8)4-2-5;2*1-5(2,3)4/h1-4H,8H2;2*(H3,1,2,3,4). The van der Waals surface area contributed by atoms with Gasteiger partial charge in [-0.3, -0.25) is 0 Å². The van der Waals surface area contributed by atoms with Crippen LogP contribution in [0.5, 0.6) is 0 Å². The van der Waals surface area contributed by atoms with Crippen molar-refractivity contribution >= 4 is 21.3 Å². The maximum atomic E-state index is 12.0. The van der Waals surface area contributed by atoms with Crippen LogP contribution in [0.2, 0.25) is 0 Å². The number of anilines is 1. The smallest absolute Gasteiger partial charge is 0.399 e. The van der Waals surface area contributed by atoms with E-state index in [1.165, 1.54) is 24.3 Å². The molecule has 12 heteroatoms. The summed E-state index contributed by atoms with van der Waals surface area (Å²) in [5.74, 6) is -0.251. The first kappa shape index (κ1) is 19.5. The molecule has 0 aromatic heterocycles. The summed E-state index contributed by atoms with van der Waals surface area (Å²) in [4.78, 5) is 43.1. The first-order valence-electron chi connectivity index (χ1n) is 3.86. The normalized spacial score (nSPS) is 10.6. The summed E-state index contributed by atoms with van der Waals surface area (Å²) in [6.07, 6.45) is 0. The molecule has 9 nitrogen and oxygen atoms in total. The summed E-state index contributed by atoms with van der Waals surface area (Å²) in [6, 6.07) is 5.70. The predicted molar refractivity (Wildman–Crippen MR) is 59.3 cm³/mol. The lowest BCUT2D eigenvalue weighted by Gasteiger charge is -1.87. The van der Waals surface area contributed by atoms with E-state index >= 15 is 0 Å². The lowest BCUT2D eigenvalue weighted by Crippen LogP contribution is -1.82. The summed E-state index contributed by atoms with van der Waals surface area (Å²) in [5, 5.41) is 0. The minimum Gasteiger partial charge on any atom is -0.399 e. The predicted octanol–water partition coefficient (Wildman–Crippen LogP) is -0.449. The second-order valence-electron chi connectivity index (χ2n) is 2.58. The van der Waals surface area contributed by atoms with Crippen molar-refractivity contribution in [2.24, 2.45) is 0 Å². The number of nitrogen functional groups attached to an aromatic ring is 1. The molecule has 18 heavy (non-hydrogen) atoms. The second kappa shape index (κ2) is 8.30. The number of nitrogens with two attached hydrogens (primary N) is 1. The Balaban J connectivity index is 0. The molecule has 0 atom stereocenters. The van der Waals surface area contributed by atoms with Crippen LogP contribution in [0.4, 0.5) is 10.1 Å². The van der Waals surface area contributed by atoms with Crippen LogP contribution in [-0.2, 0) is 9.13 Å². The van der Waals surface area contributed by atoms with E-state index in [0.29, 0.717) is 5.69 Å². The van der Waals surface area contributed by atoms with Crippen molar-refractivity contribution in [1.82, 2.24) is 0 Å². The van der Waals surface area contributed by atoms with Gasteiger partial charge < -0.3 is 35.1 Å². The molecule has 0 aliphatic rings. The highest BCUT2D eigenvalue weighted by Gasteiger charge is 2.00. The largest absolute Gasteiger partial charge is 0.466 e. The fourth-order valence-electron chi connectivity index (χ4n) is 0.463. The van der Waals surface area contributed by atoms with Crippen molar-refractivity contribution in [2.75, 3.05) is 5.73 Å². The molecular formula is C6H12FNO8P2. The molecule has 0 radical (unpaired) electrons. The van der Waals surface area contributed by atoms with Gasteiger partial charge in [-0.05, 0) is 24.3 Å². The monoisotopic (exact) mass is 307 g/mol. The molecule has 106 valence electrons. The van der Waals surface area contributed by atoms with E-state index in [9.17, 15) is 4.39 Å². The van der Waals surface area contributed by atoms with E-state index in [4.69, 9.17) is 44.2 Å². The van der Waals surface area contributed by atoms with Crippen molar-refractivity contribution in [3.8, 4) is 0 Å². The fourth-order valence-corrected chi connectivity index (χ4v) is 0.463. The number of halogens is 1. The lowest BCUT2D eigenvalue weighted by molar-refractivity contribution is 0.272. The Hall–Kier alpha value is -0.830. The van der Waals surface area contributed by atoms with Crippen LogP contribution >= 0.6 is 15.6 Å². The maximum absolute atomic E-state index is 12.0. The van der Waals surface area contributed by atoms with E-state index in [-0.39, 0.29) is 5.82 Å². The zero-order valence-electron chi connectivity index (χ0n) is 8.66. The second-order valence-corrected chi connectivity index (χ2v) is 4.63. The van der Waals surface area contributed by atoms with Gasteiger partial charge in [-0.2, -0.15) is 0 Å². The van der Waals surface area contributed by atoms with Crippen LogP contribution in [0.15, 0.2) is 24.3 Å². The van der Waals surface area contributed by atoms with Crippen LogP contribution in [0.1, 0.15) is 0 Å². The summed E-state index contributed by atoms with van der Waals surface area (Å²) in [7, 11) is -9.28. The maximum Gasteiger partial charge on any atom is 0.466 e. The molecule has 0 spiro atoms. The van der Waals surface area contributed by atoms with E-state index in [1.54, 1.807) is 0 Å². The lowest BCUT2D eigenvalue weighted by atomic mass is 10.3. The van der Waals surface area contributed by atoms with Gasteiger partial charge in [0.1, 0.15) is 5.82 Å². The Labute approximate surface area is 101 Å². The van der Waals surface area contributed by atoms with Gasteiger partial charge in [-0.1, -0.05) is 0 Å². The number of hydrogen-bond donors (Lipinski definition) is 7. The van der Waals surface area contributed by atoms with Gasteiger partial charge >= 0.3 is 15.6 Å². The Morgan fingerprint density at radius 3 is 1.22 bits per heavy atom. The molecule has 0 amide bonds. The number of phosphoric acid groups is 2. The van der Waals surface area contributed by atoms with Crippen molar-refractivity contribution in [3.05, 3.63) is 30.1 Å². The van der Waals surface area contributed by atoms with Crippen molar-refractivity contribution < 1.29 is 42.9 Å². The van der Waals surface area contributed by atoms with Crippen molar-refractivity contribution in [2.45, 2.75) is 0 Å². The van der Waals surface area contributed by atoms with E-state index in [2.05, 4.69) is 0 Å². The highest BCUT2D eigenvalue weighted by atomic mass is 31.2. The van der Waals surface area contributed by atoms with Crippen LogP contribution in [0.3, 0.4) is 0 Å². The van der Waals surface area contributed by atoms with Gasteiger partial charge in [0.15, 0.2) is 0 Å². The molecule has 1 rings (SSSR count). The molecular weight excluding hydrogens is 295 g/mol. The van der Waals surface area contributed by atoms with Gasteiger partial charge in [0.25, 0.3) is 0 Å². The summed E-state index contributed by atoms with van der Waals surface area (Å²) >= 11 is 0. The molecule has 8 N–H and O–H groups in total. The highest BCUT2D eigenvalue weighted by molar-refractivity contribution is 7.45. The third kappa shape index (κ3) is 36.2. The minimum atomic E-state index is -4.64. The van der Waals surface area contributed by atoms with Gasteiger partial charge in [0.2, 0.25) is 0 Å². The van der Waals surface area contributed by atoms with E-state index < -0.39 is 15.6 Å². The molecule has 0 fully saturated rings. The first-order valence-corrected chi connectivity index (χ1v) is 6.99.